The molecule has 0 fully saturated rings. The largest absolute Gasteiger partial charge is 0.436 e. The summed E-state index contributed by atoms with van der Waals surface area (Å²) in [7, 11) is 1.84. The van der Waals surface area contributed by atoms with Crippen molar-refractivity contribution in [3.05, 3.63) is 44.7 Å². The Morgan fingerprint density at radius 3 is 2.63 bits per heavy atom. The fraction of sp³-hybridized carbons (Fsp3) is 0.167. The molecule has 0 amide bonds. The molecule has 2 aromatic rings. The Balaban J connectivity index is 2.19. The SMILES string of the molecule is CNCc1cnc(Oc2cc(Cl)c(Br)cc2Cl)cn1. The lowest BCUT2D eigenvalue weighted by Crippen LogP contribution is -2.07. The van der Waals surface area contributed by atoms with E-state index in [1.54, 1.807) is 24.5 Å². The summed E-state index contributed by atoms with van der Waals surface area (Å²) in [5.41, 5.74) is 0.829. The molecular weight excluding hydrogens is 353 g/mol. The summed E-state index contributed by atoms with van der Waals surface area (Å²) in [6.45, 7) is 0.651. The van der Waals surface area contributed by atoms with Crippen LogP contribution in [0.5, 0.6) is 11.6 Å². The van der Waals surface area contributed by atoms with Gasteiger partial charge in [0.15, 0.2) is 0 Å². The zero-order valence-electron chi connectivity index (χ0n) is 9.95. The quantitative estimate of drug-likeness (QED) is 0.833. The maximum absolute atomic E-state index is 6.06. The van der Waals surface area contributed by atoms with E-state index in [9.17, 15) is 0 Å². The molecule has 4 nitrogen and oxygen atoms in total. The van der Waals surface area contributed by atoms with Crippen LogP contribution in [0.15, 0.2) is 29.0 Å². The van der Waals surface area contributed by atoms with Crippen LogP contribution >= 0.6 is 39.1 Å². The summed E-state index contributed by atoms with van der Waals surface area (Å²) in [6.07, 6.45) is 3.18. The molecule has 0 aliphatic rings. The van der Waals surface area contributed by atoms with Gasteiger partial charge in [-0.25, -0.2) is 4.98 Å². The number of nitrogens with one attached hydrogen (secondary N) is 1. The molecule has 0 aliphatic carbocycles. The molecule has 1 N–H and O–H groups in total. The summed E-state index contributed by atoms with van der Waals surface area (Å²) in [5, 5.41) is 3.94. The van der Waals surface area contributed by atoms with Gasteiger partial charge in [-0.1, -0.05) is 23.2 Å². The second-order valence-corrected chi connectivity index (χ2v) is 5.34. The van der Waals surface area contributed by atoms with Crippen molar-refractivity contribution in [3.8, 4) is 11.6 Å². The van der Waals surface area contributed by atoms with E-state index in [1.165, 1.54) is 0 Å². The van der Waals surface area contributed by atoms with Crippen molar-refractivity contribution >= 4 is 39.1 Å². The van der Waals surface area contributed by atoms with Crippen molar-refractivity contribution in [3.63, 3.8) is 0 Å². The van der Waals surface area contributed by atoms with Crippen molar-refractivity contribution in [2.24, 2.45) is 0 Å². The highest BCUT2D eigenvalue weighted by molar-refractivity contribution is 9.10. The molecule has 0 unspecified atom stereocenters. The number of benzene rings is 1. The fourth-order valence-corrected chi connectivity index (χ4v) is 2.19. The molecule has 100 valence electrons. The number of rotatable bonds is 4. The lowest BCUT2D eigenvalue weighted by molar-refractivity contribution is 0.459. The molecule has 0 spiro atoms. The minimum absolute atomic E-state index is 0.361. The molecule has 19 heavy (non-hydrogen) atoms. The molecule has 0 radical (unpaired) electrons. The zero-order chi connectivity index (χ0) is 13.8. The van der Waals surface area contributed by atoms with Gasteiger partial charge in [-0.05, 0) is 29.0 Å². The van der Waals surface area contributed by atoms with E-state index in [0.29, 0.717) is 32.7 Å². The molecule has 7 heteroatoms. The minimum atomic E-state index is 0.361. The van der Waals surface area contributed by atoms with Crippen LogP contribution < -0.4 is 10.1 Å². The number of nitrogens with zero attached hydrogens (tertiary/aromatic N) is 2. The average Bonchev–Trinajstić information content (AvgIpc) is 2.38. The van der Waals surface area contributed by atoms with Crippen molar-refractivity contribution in [1.29, 1.82) is 0 Å². The van der Waals surface area contributed by atoms with Crippen LogP contribution in [0.4, 0.5) is 0 Å². The third kappa shape index (κ3) is 3.79. The predicted octanol–water partition coefficient (Wildman–Crippen LogP) is 4.06. The van der Waals surface area contributed by atoms with Crippen molar-refractivity contribution in [1.82, 2.24) is 15.3 Å². The van der Waals surface area contributed by atoms with Gasteiger partial charge in [0.05, 0.1) is 28.1 Å². The lowest BCUT2D eigenvalue weighted by Gasteiger charge is -2.08. The van der Waals surface area contributed by atoms with Crippen LogP contribution in [0, 0.1) is 0 Å². The van der Waals surface area contributed by atoms with Crippen LogP contribution in [-0.4, -0.2) is 17.0 Å². The molecule has 0 atom stereocenters. The van der Waals surface area contributed by atoms with E-state index in [4.69, 9.17) is 27.9 Å². The average molecular weight is 363 g/mol. The third-order valence-electron chi connectivity index (χ3n) is 2.23. The number of hydrogen-bond acceptors (Lipinski definition) is 4. The Labute approximate surface area is 129 Å². The third-order valence-corrected chi connectivity index (χ3v) is 3.72. The highest BCUT2D eigenvalue weighted by atomic mass is 79.9. The number of aromatic nitrogens is 2. The van der Waals surface area contributed by atoms with Gasteiger partial charge >= 0.3 is 0 Å². The van der Waals surface area contributed by atoms with Gasteiger partial charge in [0.2, 0.25) is 5.88 Å². The second kappa shape index (κ2) is 6.52. The summed E-state index contributed by atoms with van der Waals surface area (Å²) >= 11 is 15.3. The van der Waals surface area contributed by atoms with Crippen LogP contribution in [0.2, 0.25) is 10.0 Å². The summed E-state index contributed by atoms with van der Waals surface area (Å²) in [6, 6.07) is 3.29. The van der Waals surface area contributed by atoms with Crippen LogP contribution in [0.1, 0.15) is 5.69 Å². The minimum Gasteiger partial charge on any atom is -0.436 e. The van der Waals surface area contributed by atoms with Gasteiger partial charge in [-0.15, -0.1) is 0 Å². The molecular formula is C12H10BrCl2N3O. The number of hydrogen-bond donors (Lipinski definition) is 1. The van der Waals surface area contributed by atoms with Crippen molar-refractivity contribution in [2.75, 3.05) is 7.05 Å². The van der Waals surface area contributed by atoms with E-state index >= 15 is 0 Å². The Kier molecular flexibility index (Phi) is 4.99. The first-order chi connectivity index (χ1) is 9.10. The van der Waals surface area contributed by atoms with E-state index in [0.717, 1.165) is 5.69 Å². The van der Waals surface area contributed by atoms with Crippen molar-refractivity contribution in [2.45, 2.75) is 6.54 Å². The Morgan fingerprint density at radius 2 is 2.00 bits per heavy atom. The second-order valence-electron chi connectivity index (χ2n) is 3.68. The summed E-state index contributed by atoms with van der Waals surface area (Å²) in [5.74, 6) is 0.797. The monoisotopic (exact) mass is 361 g/mol. The normalized spacial score (nSPS) is 10.5. The molecule has 0 aliphatic heterocycles. The molecule has 1 heterocycles. The Bertz CT molecular complexity index is 578. The maximum atomic E-state index is 6.06. The first-order valence-corrected chi connectivity index (χ1v) is 6.93. The number of ether oxygens (including phenoxy) is 1. The lowest BCUT2D eigenvalue weighted by atomic mass is 10.3. The van der Waals surface area contributed by atoms with Gasteiger partial charge < -0.3 is 10.1 Å². The Morgan fingerprint density at radius 1 is 1.21 bits per heavy atom. The molecule has 0 saturated heterocycles. The van der Waals surface area contributed by atoms with Crippen LogP contribution in [0.25, 0.3) is 0 Å². The van der Waals surface area contributed by atoms with Crippen molar-refractivity contribution < 1.29 is 4.74 Å². The standard InChI is InChI=1S/C12H10BrCl2N3O/c1-16-4-7-5-18-12(6-17-7)19-11-3-9(14)8(13)2-10(11)15/h2-3,5-6,16H,4H2,1H3. The Hall–Kier alpha value is -0.880. The van der Waals surface area contributed by atoms with Gasteiger partial charge in [0.25, 0.3) is 0 Å². The maximum Gasteiger partial charge on any atom is 0.237 e. The topological polar surface area (TPSA) is 47.0 Å². The highest BCUT2D eigenvalue weighted by Crippen LogP contribution is 2.35. The highest BCUT2D eigenvalue weighted by Gasteiger charge is 2.09. The molecule has 1 aromatic carbocycles. The zero-order valence-corrected chi connectivity index (χ0v) is 13.1. The molecule has 1 aromatic heterocycles. The van der Waals surface area contributed by atoms with Crippen LogP contribution in [0.3, 0.4) is 0 Å². The first-order valence-electron chi connectivity index (χ1n) is 5.38. The summed E-state index contributed by atoms with van der Waals surface area (Å²) in [4.78, 5) is 8.35. The molecule has 0 saturated carbocycles. The predicted molar refractivity (Wildman–Crippen MR) is 79.0 cm³/mol. The van der Waals surface area contributed by atoms with Gasteiger partial charge in [-0.3, -0.25) is 4.98 Å². The molecule has 2 rings (SSSR count). The van der Waals surface area contributed by atoms with Gasteiger partial charge in [0, 0.05) is 17.1 Å². The van der Waals surface area contributed by atoms with Crippen LogP contribution in [-0.2, 0) is 6.54 Å². The fourth-order valence-electron chi connectivity index (χ4n) is 1.36. The van der Waals surface area contributed by atoms with E-state index in [1.807, 2.05) is 7.05 Å². The van der Waals surface area contributed by atoms with E-state index < -0.39 is 0 Å². The number of halogens is 3. The first kappa shape index (κ1) is 14.5. The molecule has 0 bridgehead atoms. The smallest absolute Gasteiger partial charge is 0.237 e. The summed E-state index contributed by atoms with van der Waals surface area (Å²) < 4.78 is 6.26. The van der Waals surface area contributed by atoms with Gasteiger partial charge in [0.1, 0.15) is 5.75 Å². The van der Waals surface area contributed by atoms with Gasteiger partial charge in [-0.2, -0.15) is 0 Å². The van der Waals surface area contributed by atoms with E-state index in [-0.39, 0.29) is 0 Å². The van der Waals surface area contributed by atoms with E-state index in [2.05, 4.69) is 31.2 Å².